The number of rotatable bonds is 4. The second kappa shape index (κ2) is 6.71. The molecule has 104 valence electrons. The molecule has 0 aliphatic carbocycles. The first-order chi connectivity index (χ1) is 9.26. The van der Waals surface area contributed by atoms with Crippen molar-refractivity contribution in [2.75, 3.05) is 19.6 Å². The number of hydrogen-bond acceptors (Lipinski definition) is 2. The zero-order valence-corrected chi connectivity index (χ0v) is 11.9. The van der Waals surface area contributed by atoms with Gasteiger partial charge in [0.05, 0.1) is 0 Å². The van der Waals surface area contributed by atoms with E-state index in [2.05, 4.69) is 19.2 Å². The van der Waals surface area contributed by atoms with Gasteiger partial charge in [0, 0.05) is 24.7 Å². The van der Waals surface area contributed by atoms with E-state index in [0.29, 0.717) is 12.0 Å². The first kappa shape index (κ1) is 14.1. The van der Waals surface area contributed by atoms with Gasteiger partial charge in [-0.25, -0.2) is 0 Å². The smallest absolute Gasteiger partial charge is 0.253 e. The van der Waals surface area contributed by atoms with Crippen molar-refractivity contribution in [3.05, 3.63) is 35.9 Å². The van der Waals surface area contributed by atoms with Gasteiger partial charge in [0.25, 0.3) is 5.91 Å². The highest BCUT2D eigenvalue weighted by atomic mass is 16.2. The van der Waals surface area contributed by atoms with Gasteiger partial charge in [0.2, 0.25) is 0 Å². The van der Waals surface area contributed by atoms with Crippen molar-refractivity contribution in [1.82, 2.24) is 10.2 Å². The summed E-state index contributed by atoms with van der Waals surface area (Å²) in [6.07, 6.45) is 2.18. The first-order valence-corrected chi connectivity index (χ1v) is 7.34. The Morgan fingerprint density at radius 2 is 2.05 bits per heavy atom. The summed E-state index contributed by atoms with van der Waals surface area (Å²) in [4.78, 5) is 14.4. The predicted molar refractivity (Wildman–Crippen MR) is 78.2 cm³/mol. The van der Waals surface area contributed by atoms with Gasteiger partial charge >= 0.3 is 0 Å². The Labute approximate surface area is 116 Å². The molecule has 2 rings (SSSR count). The van der Waals surface area contributed by atoms with Crippen LogP contribution in [-0.4, -0.2) is 36.5 Å². The van der Waals surface area contributed by atoms with Crippen molar-refractivity contribution < 1.29 is 4.79 Å². The normalized spacial score (nSPS) is 23.4. The van der Waals surface area contributed by atoms with Crippen molar-refractivity contribution in [1.29, 1.82) is 0 Å². The fraction of sp³-hybridized carbons (Fsp3) is 0.562. The summed E-state index contributed by atoms with van der Waals surface area (Å²) in [6.45, 7) is 7.11. The van der Waals surface area contributed by atoms with Gasteiger partial charge in [-0.3, -0.25) is 4.79 Å². The lowest BCUT2D eigenvalue weighted by molar-refractivity contribution is 0.0628. The van der Waals surface area contributed by atoms with E-state index in [-0.39, 0.29) is 5.91 Å². The molecule has 19 heavy (non-hydrogen) atoms. The first-order valence-electron chi connectivity index (χ1n) is 7.34. The molecule has 0 spiro atoms. The monoisotopic (exact) mass is 260 g/mol. The summed E-state index contributed by atoms with van der Waals surface area (Å²) >= 11 is 0. The number of amides is 1. The van der Waals surface area contributed by atoms with Crippen LogP contribution >= 0.6 is 0 Å². The summed E-state index contributed by atoms with van der Waals surface area (Å²) in [5.74, 6) is 0.746. The van der Waals surface area contributed by atoms with E-state index in [4.69, 9.17) is 0 Å². The van der Waals surface area contributed by atoms with Gasteiger partial charge < -0.3 is 10.2 Å². The molecule has 2 unspecified atom stereocenters. The number of benzene rings is 1. The van der Waals surface area contributed by atoms with Gasteiger partial charge in [-0.1, -0.05) is 38.5 Å². The Kier molecular flexibility index (Phi) is 4.97. The highest BCUT2D eigenvalue weighted by Gasteiger charge is 2.30. The number of nitrogens with one attached hydrogen (secondary N) is 1. The summed E-state index contributed by atoms with van der Waals surface area (Å²) in [7, 11) is 0. The van der Waals surface area contributed by atoms with Crippen molar-refractivity contribution in [2.24, 2.45) is 5.92 Å². The Morgan fingerprint density at radius 1 is 1.32 bits per heavy atom. The molecule has 1 aromatic carbocycles. The standard InChI is InChI=1S/C16H24N2O/c1-3-13-12-18(11-10-15(13)17-4-2)16(19)14-8-6-5-7-9-14/h5-9,13,15,17H,3-4,10-12H2,1-2H3. The maximum atomic E-state index is 12.4. The second-order valence-electron chi connectivity index (χ2n) is 5.24. The van der Waals surface area contributed by atoms with Gasteiger partial charge in [0.15, 0.2) is 0 Å². The number of hydrogen-bond donors (Lipinski definition) is 1. The van der Waals surface area contributed by atoms with E-state index in [1.54, 1.807) is 0 Å². The van der Waals surface area contributed by atoms with Crippen LogP contribution in [0.4, 0.5) is 0 Å². The highest BCUT2D eigenvalue weighted by molar-refractivity contribution is 5.94. The van der Waals surface area contributed by atoms with E-state index in [1.807, 2.05) is 35.2 Å². The average molecular weight is 260 g/mol. The maximum absolute atomic E-state index is 12.4. The molecule has 1 amide bonds. The molecule has 1 fully saturated rings. The van der Waals surface area contributed by atoms with E-state index < -0.39 is 0 Å². The Hall–Kier alpha value is -1.35. The molecular weight excluding hydrogens is 236 g/mol. The van der Waals surface area contributed by atoms with Crippen LogP contribution in [0.3, 0.4) is 0 Å². The van der Waals surface area contributed by atoms with Crippen LogP contribution in [0.2, 0.25) is 0 Å². The lowest BCUT2D eigenvalue weighted by atomic mass is 9.89. The molecule has 2 atom stereocenters. The van der Waals surface area contributed by atoms with Gasteiger partial charge in [-0.2, -0.15) is 0 Å². The van der Waals surface area contributed by atoms with Crippen LogP contribution in [-0.2, 0) is 0 Å². The van der Waals surface area contributed by atoms with E-state index in [9.17, 15) is 4.79 Å². The second-order valence-corrected chi connectivity index (χ2v) is 5.24. The van der Waals surface area contributed by atoms with Gasteiger partial charge in [-0.15, -0.1) is 0 Å². The van der Waals surface area contributed by atoms with Crippen LogP contribution in [0.1, 0.15) is 37.0 Å². The van der Waals surface area contributed by atoms with Crippen LogP contribution in [0.5, 0.6) is 0 Å². The average Bonchev–Trinajstić information content (AvgIpc) is 2.48. The van der Waals surface area contributed by atoms with Crippen molar-refractivity contribution in [3.8, 4) is 0 Å². The van der Waals surface area contributed by atoms with E-state index in [1.165, 1.54) is 0 Å². The van der Waals surface area contributed by atoms with Gasteiger partial charge in [0.1, 0.15) is 0 Å². The fourth-order valence-corrected chi connectivity index (χ4v) is 2.92. The molecular formula is C16H24N2O. The van der Waals surface area contributed by atoms with Gasteiger partial charge in [-0.05, 0) is 31.0 Å². The molecule has 1 N–H and O–H groups in total. The predicted octanol–water partition coefficient (Wildman–Crippen LogP) is 2.54. The summed E-state index contributed by atoms with van der Waals surface area (Å²) in [5, 5.41) is 3.55. The number of carbonyl (C=O) groups is 1. The van der Waals surface area contributed by atoms with E-state index in [0.717, 1.165) is 38.0 Å². The van der Waals surface area contributed by atoms with Crippen LogP contribution in [0.15, 0.2) is 30.3 Å². The van der Waals surface area contributed by atoms with Crippen molar-refractivity contribution in [2.45, 2.75) is 32.7 Å². The topological polar surface area (TPSA) is 32.3 Å². The zero-order chi connectivity index (χ0) is 13.7. The number of nitrogens with zero attached hydrogens (tertiary/aromatic N) is 1. The SMILES string of the molecule is CCNC1CCN(C(=O)c2ccccc2)CC1CC. The third-order valence-electron chi connectivity index (χ3n) is 4.03. The van der Waals surface area contributed by atoms with Crippen LogP contribution in [0, 0.1) is 5.92 Å². The third-order valence-corrected chi connectivity index (χ3v) is 4.03. The van der Waals surface area contributed by atoms with Crippen molar-refractivity contribution >= 4 is 5.91 Å². The lowest BCUT2D eigenvalue weighted by Gasteiger charge is -2.38. The van der Waals surface area contributed by atoms with E-state index >= 15 is 0 Å². The molecule has 1 aromatic rings. The largest absolute Gasteiger partial charge is 0.338 e. The minimum absolute atomic E-state index is 0.175. The Morgan fingerprint density at radius 3 is 2.68 bits per heavy atom. The van der Waals surface area contributed by atoms with Crippen LogP contribution in [0.25, 0.3) is 0 Å². The van der Waals surface area contributed by atoms with Crippen molar-refractivity contribution in [3.63, 3.8) is 0 Å². The molecule has 0 aromatic heterocycles. The molecule has 0 bridgehead atoms. The summed E-state index contributed by atoms with van der Waals surface area (Å²) in [5.41, 5.74) is 0.805. The molecule has 1 aliphatic heterocycles. The number of likely N-dealkylation sites (tertiary alicyclic amines) is 1. The minimum atomic E-state index is 0.175. The fourth-order valence-electron chi connectivity index (χ4n) is 2.92. The molecule has 3 heteroatoms. The minimum Gasteiger partial charge on any atom is -0.338 e. The van der Waals surface area contributed by atoms with Crippen LogP contribution < -0.4 is 5.32 Å². The maximum Gasteiger partial charge on any atom is 0.253 e. The number of carbonyl (C=O) groups excluding carboxylic acids is 1. The number of piperidine rings is 1. The summed E-state index contributed by atoms with van der Waals surface area (Å²) < 4.78 is 0. The molecule has 3 nitrogen and oxygen atoms in total. The lowest BCUT2D eigenvalue weighted by Crippen LogP contribution is -2.50. The highest BCUT2D eigenvalue weighted by Crippen LogP contribution is 2.21. The molecule has 0 radical (unpaired) electrons. The molecule has 0 saturated carbocycles. The quantitative estimate of drug-likeness (QED) is 0.902. The third kappa shape index (κ3) is 3.35. The molecule has 1 saturated heterocycles. The zero-order valence-electron chi connectivity index (χ0n) is 11.9. The molecule has 1 aliphatic rings. The summed E-state index contributed by atoms with van der Waals surface area (Å²) in [6, 6.07) is 10.2. The Balaban J connectivity index is 2.02. The molecule has 1 heterocycles. The Bertz CT molecular complexity index is 404.